The maximum atomic E-state index is 9.27. The Kier molecular flexibility index (Phi) is 2.76. The van der Waals surface area contributed by atoms with E-state index in [1.165, 1.54) is 5.56 Å². The Morgan fingerprint density at radius 1 is 0.947 bits per heavy atom. The van der Waals surface area contributed by atoms with Crippen LogP contribution in [0.2, 0.25) is 0 Å². The summed E-state index contributed by atoms with van der Waals surface area (Å²) in [6.07, 6.45) is 1.87. The monoisotopic (exact) mass is 251 g/mol. The second-order valence-electron chi connectivity index (χ2n) is 4.43. The van der Waals surface area contributed by atoms with Crippen LogP contribution in [0, 0.1) is 6.92 Å². The van der Waals surface area contributed by atoms with Gasteiger partial charge in [-0.05, 0) is 43.3 Å². The fourth-order valence-electron chi connectivity index (χ4n) is 1.85. The van der Waals surface area contributed by atoms with Crippen molar-refractivity contribution in [3.05, 3.63) is 60.3 Å². The highest BCUT2D eigenvalue weighted by Gasteiger charge is 2.05. The van der Waals surface area contributed by atoms with Gasteiger partial charge in [-0.3, -0.25) is 0 Å². The third kappa shape index (κ3) is 2.33. The van der Waals surface area contributed by atoms with Crippen molar-refractivity contribution in [1.29, 1.82) is 0 Å². The number of hydrogen-bond donors (Lipinski definition) is 1. The lowest BCUT2D eigenvalue weighted by molar-refractivity contribution is 0.475. The van der Waals surface area contributed by atoms with Crippen LogP contribution in [0.25, 0.3) is 16.9 Å². The maximum absolute atomic E-state index is 9.27. The van der Waals surface area contributed by atoms with Gasteiger partial charge in [0.1, 0.15) is 11.4 Å². The molecule has 0 aliphatic carbocycles. The van der Waals surface area contributed by atoms with Gasteiger partial charge in [-0.15, -0.1) is 5.10 Å². The molecule has 4 nitrogen and oxygen atoms in total. The Morgan fingerprint density at radius 2 is 1.63 bits per heavy atom. The number of hydrogen-bond acceptors (Lipinski definition) is 3. The van der Waals surface area contributed by atoms with E-state index >= 15 is 0 Å². The van der Waals surface area contributed by atoms with Crippen molar-refractivity contribution in [2.24, 2.45) is 0 Å². The van der Waals surface area contributed by atoms with Crippen LogP contribution in [-0.4, -0.2) is 20.1 Å². The lowest BCUT2D eigenvalue weighted by Gasteiger charge is -1.99. The van der Waals surface area contributed by atoms with Gasteiger partial charge in [0.05, 0.1) is 11.9 Å². The second-order valence-corrected chi connectivity index (χ2v) is 4.43. The van der Waals surface area contributed by atoms with Gasteiger partial charge in [0, 0.05) is 5.56 Å². The summed E-state index contributed by atoms with van der Waals surface area (Å²) >= 11 is 0. The molecule has 0 amide bonds. The van der Waals surface area contributed by atoms with Crippen LogP contribution < -0.4 is 0 Å². The van der Waals surface area contributed by atoms with E-state index in [9.17, 15) is 5.11 Å². The summed E-state index contributed by atoms with van der Waals surface area (Å²) in [5, 5.41) is 17.5. The molecule has 0 unspecified atom stereocenters. The van der Waals surface area contributed by atoms with Crippen molar-refractivity contribution >= 4 is 0 Å². The molecule has 1 aromatic heterocycles. The number of nitrogens with zero attached hydrogens (tertiary/aromatic N) is 3. The third-order valence-corrected chi connectivity index (χ3v) is 2.95. The van der Waals surface area contributed by atoms with Crippen molar-refractivity contribution in [3.8, 4) is 22.7 Å². The van der Waals surface area contributed by atoms with Crippen LogP contribution in [-0.2, 0) is 0 Å². The average Bonchev–Trinajstić information content (AvgIpc) is 2.90. The highest BCUT2D eigenvalue weighted by atomic mass is 16.3. The predicted molar refractivity (Wildman–Crippen MR) is 73.2 cm³/mol. The van der Waals surface area contributed by atoms with Gasteiger partial charge in [0.15, 0.2) is 0 Å². The van der Waals surface area contributed by atoms with E-state index < -0.39 is 0 Å². The zero-order valence-electron chi connectivity index (χ0n) is 10.5. The highest BCUT2D eigenvalue weighted by molar-refractivity contribution is 5.59. The lowest BCUT2D eigenvalue weighted by Crippen LogP contribution is -1.94. The zero-order valence-corrected chi connectivity index (χ0v) is 10.5. The summed E-state index contributed by atoms with van der Waals surface area (Å²) in [7, 11) is 0. The van der Waals surface area contributed by atoms with Gasteiger partial charge in [0.25, 0.3) is 0 Å². The summed E-state index contributed by atoms with van der Waals surface area (Å²) in [6, 6.07) is 15.0. The number of aromatic hydroxyl groups is 1. The van der Waals surface area contributed by atoms with Gasteiger partial charge >= 0.3 is 0 Å². The van der Waals surface area contributed by atoms with Gasteiger partial charge in [0.2, 0.25) is 0 Å². The van der Waals surface area contributed by atoms with Gasteiger partial charge in [-0.1, -0.05) is 22.9 Å². The number of rotatable bonds is 2. The number of aromatic nitrogens is 3. The van der Waals surface area contributed by atoms with Crippen LogP contribution >= 0.6 is 0 Å². The first-order chi connectivity index (χ1) is 9.22. The summed E-state index contributed by atoms with van der Waals surface area (Å²) in [6.45, 7) is 2.05. The Labute approximate surface area is 111 Å². The van der Waals surface area contributed by atoms with Crippen LogP contribution in [0.4, 0.5) is 0 Å². The molecule has 0 radical (unpaired) electrons. The number of phenolic OH excluding ortho intramolecular Hbond substituents is 1. The van der Waals surface area contributed by atoms with Crippen molar-refractivity contribution in [3.63, 3.8) is 0 Å². The van der Waals surface area contributed by atoms with Crippen LogP contribution in [0.5, 0.6) is 5.75 Å². The number of phenols is 1. The lowest BCUT2D eigenvalue weighted by atomic mass is 10.1. The van der Waals surface area contributed by atoms with Crippen molar-refractivity contribution < 1.29 is 5.11 Å². The van der Waals surface area contributed by atoms with E-state index in [1.54, 1.807) is 16.8 Å². The molecule has 2 aromatic carbocycles. The molecular weight excluding hydrogens is 238 g/mol. The minimum atomic E-state index is 0.245. The minimum absolute atomic E-state index is 0.245. The molecule has 3 rings (SSSR count). The van der Waals surface area contributed by atoms with E-state index in [4.69, 9.17) is 0 Å². The second kappa shape index (κ2) is 4.57. The molecule has 0 atom stereocenters. The zero-order chi connectivity index (χ0) is 13.2. The van der Waals surface area contributed by atoms with E-state index in [0.29, 0.717) is 0 Å². The Morgan fingerprint density at radius 3 is 2.32 bits per heavy atom. The van der Waals surface area contributed by atoms with E-state index in [-0.39, 0.29) is 5.75 Å². The first-order valence-electron chi connectivity index (χ1n) is 6.01. The largest absolute Gasteiger partial charge is 0.508 e. The molecule has 94 valence electrons. The quantitative estimate of drug-likeness (QED) is 0.761. The Hall–Kier alpha value is -2.62. The number of benzene rings is 2. The normalized spacial score (nSPS) is 10.6. The molecule has 0 spiro atoms. The van der Waals surface area contributed by atoms with Gasteiger partial charge in [-0.25, -0.2) is 4.68 Å². The third-order valence-electron chi connectivity index (χ3n) is 2.95. The molecule has 1 heterocycles. The fourth-order valence-corrected chi connectivity index (χ4v) is 1.85. The average molecular weight is 251 g/mol. The van der Waals surface area contributed by atoms with Crippen molar-refractivity contribution in [1.82, 2.24) is 15.0 Å². The number of aryl methyl sites for hydroxylation is 1. The van der Waals surface area contributed by atoms with Gasteiger partial charge in [-0.2, -0.15) is 0 Å². The van der Waals surface area contributed by atoms with E-state index in [2.05, 4.69) is 10.3 Å². The fraction of sp³-hybridized carbons (Fsp3) is 0.0667. The molecule has 0 fully saturated rings. The van der Waals surface area contributed by atoms with Crippen LogP contribution in [0.15, 0.2) is 54.7 Å². The summed E-state index contributed by atoms with van der Waals surface area (Å²) < 4.78 is 1.74. The molecule has 0 saturated heterocycles. The Bertz CT molecular complexity index is 624. The first-order valence-corrected chi connectivity index (χ1v) is 6.01. The molecular formula is C15H13N3O. The molecule has 0 aliphatic rings. The molecule has 0 aliphatic heterocycles. The molecule has 4 heteroatoms. The standard InChI is InChI=1S/C15H13N3O/c1-11-2-6-13(7-3-11)18-10-15(16-17-18)12-4-8-14(19)9-5-12/h2-10,19H,1H3. The summed E-state index contributed by atoms with van der Waals surface area (Å²) in [5.41, 5.74) is 3.89. The smallest absolute Gasteiger partial charge is 0.115 e. The van der Waals surface area contributed by atoms with Crippen molar-refractivity contribution in [2.45, 2.75) is 6.92 Å². The van der Waals surface area contributed by atoms with Crippen molar-refractivity contribution in [2.75, 3.05) is 0 Å². The first kappa shape index (κ1) is 11.5. The summed E-state index contributed by atoms with van der Waals surface area (Å²) in [5.74, 6) is 0.245. The molecule has 19 heavy (non-hydrogen) atoms. The molecule has 0 saturated carbocycles. The molecule has 1 N–H and O–H groups in total. The topological polar surface area (TPSA) is 50.9 Å². The summed E-state index contributed by atoms with van der Waals surface area (Å²) in [4.78, 5) is 0. The van der Waals surface area contributed by atoms with Gasteiger partial charge < -0.3 is 5.11 Å². The van der Waals surface area contributed by atoms with Crippen LogP contribution in [0.1, 0.15) is 5.56 Å². The van der Waals surface area contributed by atoms with Crippen LogP contribution in [0.3, 0.4) is 0 Å². The predicted octanol–water partition coefficient (Wildman–Crippen LogP) is 2.95. The Balaban J connectivity index is 1.95. The SMILES string of the molecule is Cc1ccc(-n2cc(-c3ccc(O)cc3)nn2)cc1. The molecule has 3 aromatic rings. The van der Waals surface area contributed by atoms with E-state index in [1.807, 2.05) is 49.5 Å². The van der Waals surface area contributed by atoms with E-state index in [0.717, 1.165) is 16.9 Å². The maximum Gasteiger partial charge on any atom is 0.115 e. The highest BCUT2D eigenvalue weighted by Crippen LogP contribution is 2.20. The molecule has 0 bridgehead atoms. The minimum Gasteiger partial charge on any atom is -0.508 e.